The summed E-state index contributed by atoms with van der Waals surface area (Å²) in [5.74, 6) is -1.81. The third-order valence-corrected chi connectivity index (χ3v) is 4.40. The maximum absolute atomic E-state index is 13.0. The fraction of sp³-hybridized carbons (Fsp3) is 0.143. The van der Waals surface area contributed by atoms with Crippen LogP contribution in [0.25, 0.3) is 6.08 Å². The van der Waals surface area contributed by atoms with E-state index in [4.69, 9.17) is 22.1 Å². The molecule has 1 aliphatic heterocycles. The first-order valence-corrected chi connectivity index (χ1v) is 9.10. The zero-order valence-electron chi connectivity index (χ0n) is 15.8. The average molecular weight is 410 g/mol. The largest absolute Gasteiger partial charge is 0.482 e. The van der Waals surface area contributed by atoms with E-state index in [0.29, 0.717) is 17.0 Å². The Balaban J connectivity index is 1.90. The number of benzene rings is 2. The van der Waals surface area contributed by atoms with Crippen LogP contribution in [0.1, 0.15) is 16.7 Å². The van der Waals surface area contributed by atoms with Crippen LogP contribution in [0.2, 0.25) is 0 Å². The molecule has 2 aromatic rings. The third kappa shape index (κ3) is 4.67. The first kappa shape index (κ1) is 20.2. The Morgan fingerprint density at radius 2 is 1.76 bits per heavy atom. The number of carbonyl (C=O) groups excluding carboxylic acids is 2. The van der Waals surface area contributed by atoms with Crippen LogP contribution >= 0.6 is 12.2 Å². The van der Waals surface area contributed by atoms with Gasteiger partial charge in [-0.2, -0.15) is 0 Å². The van der Waals surface area contributed by atoms with E-state index in [0.717, 1.165) is 11.1 Å². The number of thiocarbonyl (C=S) groups is 1. The van der Waals surface area contributed by atoms with Gasteiger partial charge in [0.05, 0.1) is 5.69 Å². The van der Waals surface area contributed by atoms with E-state index in [1.807, 2.05) is 32.0 Å². The minimum absolute atomic E-state index is 0.0274. The summed E-state index contributed by atoms with van der Waals surface area (Å²) in [5, 5.41) is 11.2. The summed E-state index contributed by atoms with van der Waals surface area (Å²) in [6.45, 7) is 3.37. The average Bonchev–Trinajstić information content (AvgIpc) is 2.63. The molecule has 1 fully saturated rings. The molecule has 3 rings (SSSR count). The highest BCUT2D eigenvalue weighted by Gasteiger charge is 2.34. The number of hydrogen-bond donors (Lipinski definition) is 2. The van der Waals surface area contributed by atoms with Gasteiger partial charge in [-0.1, -0.05) is 18.2 Å². The number of nitrogens with zero attached hydrogens (tertiary/aromatic N) is 1. The Morgan fingerprint density at radius 1 is 1.14 bits per heavy atom. The van der Waals surface area contributed by atoms with Crippen LogP contribution in [0.4, 0.5) is 5.69 Å². The summed E-state index contributed by atoms with van der Waals surface area (Å²) >= 11 is 5.22. The molecule has 0 spiro atoms. The van der Waals surface area contributed by atoms with Gasteiger partial charge in [-0.3, -0.25) is 19.8 Å². The highest BCUT2D eigenvalue weighted by Crippen LogP contribution is 2.24. The van der Waals surface area contributed by atoms with Crippen LogP contribution in [-0.4, -0.2) is 34.6 Å². The Morgan fingerprint density at radius 3 is 2.34 bits per heavy atom. The Kier molecular flexibility index (Phi) is 5.74. The fourth-order valence-corrected chi connectivity index (χ4v) is 3.22. The van der Waals surface area contributed by atoms with Gasteiger partial charge in [0.25, 0.3) is 11.8 Å². The number of amides is 2. The van der Waals surface area contributed by atoms with Gasteiger partial charge in [0.2, 0.25) is 0 Å². The fourth-order valence-electron chi connectivity index (χ4n) is 2.94. The lowest BCUT2D eigenvalue weighted by Gasteiger charge is -2.29. The van der Waals surface area contributed by atoms with Crippen molar-refractivity contribution in [2.45, 2.75) is 13.8 Å². The smallest absolute Gasteiger partial charge is 0.341 e. The number of carbonyl (C=O) groups is 3. The number of ether oxygens (including phenoxy) is 1. The van der Waals surface area contributed by atoms with Gasteiger partial charge in [0, 0.05) is 0 Å². The lowest BCUT2D eigenvalue weighted by Crippen LogP contribution is -2.54. The molecule has 0 atom stereocenters. The van der Waals surface area contributed by atoms with Crippen molar-refractivity contribution in [2.75, 3.05) is 11.5 Å². The number of anilines is 1. The highest BCUT2D eigenvalue weighted by atomic mass is 32.1. The molecule has 2 amide bonds. The van der Waals surface area contributed by atoms with E-state index in [1.165, 1.54) is 11.0 Å². The van der Waals surface area contributed by atoms with Crippen LogP contribution in [0.5, 0.6) is 5.75 Å². The number of aliphatic carboxylic acids is 1. The van der Waals surface area contributed by atoms with E-state index in [-0.39, 0.29) is 10.7 Å². The second-order valence-electron chi connectivity index (χ2n) is 6.56. The van der Waals surface area contributed by atoms with Gasteiger partial charge in [-0.15, -0.1) is 0 Å². The number of nitrogens with one attached hydrogen (secondary N) is 1. The Hall–Kier alpha value is -3.52. The molecule has 1 aliphatic rings. The molecule has 0 radical (unpaired) electrons. The number of hydrogen-bond acceptors (Lipinski definition) is 5. The molecule has 0 aromatic heterocycles. The van der Waals surface area contributed by atoms with Crippen molar-refractivity contribution in [3.05, 3.63) is 64.7 Å². The van der Waals surface area contributed by atoms with E-state index in [9.17, 15) is 14.4 Å². The first-order chi connectivity index (χ1) is 13.7. The second-order valence-corrected chi connectivity index (χ2v) is 6.94. The predicted octanol–water partition coefficient (Wildman–Crippen LogP) is 2.60. The first-order valence-electron chi connectivity index (χ1n) is 8.69. The van der Waals surface area contributed by atoms with Crippen LogP contribution in [0, 0.1) is 13.8 Å². The van der Waals surface area contributed by atoms with Crippen molar-refractivity contribution in [1.82, 2.24) is 5.32 Å². The van der Waals surface area contributed by atoms with Crippen LogP contribution in [0.15, 0.2) is 48.0 Å². The van der Waals surface area contributed by atoms with Crippen molar-refractivity contribution in [1.29, 1.82) is 0 Å². The zero-order valence-corrected chi connectivity index (χ0v) is 16.6. The molecule has 7 nitrogen and oxygen atoms in total. The quantitative estimate of drug-likeness (QED) is 0.447. The van der Waals surface area contributed by atoms with Crippen molar-refractivity contribution < 1.29 is 24.2 Å². The number of carboxylic acids is 1. The van der Waals surface area contributed by atoms with Gasteiger partial charge in [-0.25, -0.2) is 4.79 Å². The maximum atomic E-state index is 13.0. The summed E-state index contributed by atoms with van der Waals surface area (Å²) < 4.78 is 5.07. The van der Waals surface area contributed by atoms with Gasteiger partial charge in [0.15, 0.2) is 11.7 Å². The summed E-state index contributed by atoms with van der Waals surface area (Å²) in [4.78, 5) is 37.3. The van der Waals surface area contributed by atoms with Crippen molar-refractivity contribution in [3.63, 3.8) is 0 Å². The number of aryl methyl sites for hydroxylation is 2. The molecular formula is C21H18N2O5S. The molecule has 0 saturated carbocycles. The summed E-state index contributed by atoms with van der Waals surface area (Å²) in [7, 11) is 0. The van der Waals surface area contributed by atoms with Crippen molar-refractivity contribution >= 4 is 46.9 Å². The number of rotatable bonds is 5. The van der Waals surface area contributed by atoms with E-state index in [1.54, 1.807) is 24.3 Å². The lowest BCUT2D eigenvalue weighted by molar-refractivity contribution is -0.139. The summed E-state index contributed by atoms with van der Waals surface area (Å²) in [6, 6.07) is 12.0. The minimum atomic E-state index is -1.08. The molecule has 29 heavy (non-hydrogen) atoms. The van der Waals surface area contributed by atoms with Gasteiger partial charge in [0.1, 0.15) is 11.3 Å². The topological polar surface area (TPSA) is 95.9 Å². The third-order valence-electron chi connectivity index (χ3n) is 4.12. The van der Waals surface area contributed by atoms with E-state index >= 15 is 0 Å². The van der Waals surface area contributed by atoms with Gasteiger partial charge < -0.3 is 9.84 Å². The molecule has 2 N–H and O–H groups in total. The summed E-state index contributed by atoms with van der Waals surface area (Å²) in [5.41, 5.74) is 3.04. The normalized spacial score (nSPS) is 15.4. The van der Waals surface area contributed by atoms with Gasteiger partial charge >= 0.3 is 5.97 Å². The Labute approximate surface area is 172 Å². The number of carboxylic acid groups (broad SMARTS) is 1. The molecule has 1 saturated heterocycles. The summed E-state index contributed by atoms with van der Waals surface area (Å²) in [6.07, 6.45) is 1.45. The molecular weight excluding hydrogens is 392 g/mol. The van der Waals surface area contributed by atoms with Crippen LogP contribution in [0.3, 0.4) is 0 Å². The molecule has 8 heteroatoms. The monoisotopic (exact) mass is 410 g/mol. The van der Waals surface area contributed by atoms with Crippen molar-refractivity contribution in [2.24, 2.45) is 0 Å². The van der Waals surface area contributed by atoms with Gasteiger partial charge in [-0.05, 0) is 73.1 Å². The second kappa shape index (κ2) is 8.24. The molecule has 0 unspecified atom stereocenters. The molecule has 1 heterocycles. The zero-order chi connectivity index (χ0) is 21.1. The van der Waals surface area contributed by atoms with Crippen molar-refractivity contribution in [3.8, 4) is 5.75 Å². The maximum Gasteiger partial charge on any atom is 0.341 e. The van der Waals surface area contributed by atoms with Crippen LogP contribution in [-0.2, 0) is 14.4 Å². The van der Waals surface area contributed by atoms with E-state index < -0.39 is 24.4 Å². The SMILES string of the molecule is Cc1cc(C)cc(N2C(=O)/C(=C/c3ccc(OCC(=O)O)cc3)C(=O)NC2=S)c1. The Bertz CT molecular complexity index is 1020. The molecule has 148 valence electrons. The predicted molar refractivity (Wildman–Crippen MR) is 112 cm³/mol. The molecule has 0 aliphatic carbocycles. The lowest BCUT2D eigenvalue weighted by atomic mass is 10.1. The molecule has 2 aromatic carbocycles. The standard InChI is InChI=1S/C21H18N2O5S/c1-12-7-13(2)9-15(8-12)23-20(27)17(19(26)22-21(23)29)10-14-3-5-16(6-4-14)28-11-18(24)25/h3-10H,11H2,1-2H3,(H,24,25)(H,22,26,29)/b17-10+. The van der Waals surface area contributed by atoms with Crippen LogP contribution < -0.4 is 15.0 Å². The highest BCUT2D eigenvalue weighted by molar-refractivity contribution is 7.80. The molecule has 0 bridgehead atoms. The van der Waals surface area contributed by atoms with E-state index in [2.05, 4.69) is 5.32 Å². The minimum Gasteiger partial charge on any atom is -0.482 e.